The van der Waals surface area contributed by atoms with Crippen molar-refractivity contribution >= 4 is 12.0 Å². The number of aromatic amines is 1. The van der Waals surface area contributed by atoms with E-state index in [0.717, 1.165) is 17.0 Å². The molecule has 1 heterocycles. The van der Waals surface area contributed by atoms with Gasteiger partial charge in [-0.05, 0) is 29.8 Å². The molecule has 1 aromatic carbocycles. The van der Waals surface area contributed by atoms with E-state index in [1.807, 2.05) is 30.3 Å². The van der Waals surface area contributed by atoms with Crippen LogP contribution in [0.5, 0.6) is 5.75 Å². The number of nitrogens with zero attached hydrogens (tertiary/aromatic N) is 1. The van der Waals surface area contributed by atoms with E-state index in [1.54, 1.807) is 19.4 Å². The monoisotopic (exact) mass is 257 g/mol. The van der Waals surface area contributed by atoms with Crippen LogP contribution >= 0.6 is 0 Å². The van der Waals surface area contributed by atoms with Crippen molar-refractivity contribution < 1.29 is 9.53 Å². The van der Waals surface area contributed by atoms with Gasteiger partial charge in [0.2, 0.25) is 5.91 Å². The summed E-state index contributed by atoms with van der Waals surface area (Å²) in [6.45, 7) is 0.436. The van der Waals surface area contributed by atoms with Crippen LogP contribution in [0.4, 0.5) is 0 Å². The summed E-state index contributed by atoms with van der Waals surface area (Å²) in [6, 6.07) is 9.28. The van der Waals surface area contributed by atoms with Crippen molar-refractivity contribution in [3.63, 3.8) is 0 Å². The first-order chi connectivity index (χ1) is 9.28. The topological polar surface area (TPSA) is 67.0 Å². The minimum Gasteiger partial charge on any atom is -0.497 e. The molecule has 19 heavy (non-hydrogen) atoms. The summed E-state index contributed by atoms with van der Waals surface area (Å²) >= 11 is 0. The zero-order valence-electron chi connectivity index (χ0n) is 10.6. The standard InChI is InChI=1S/C14H15N3O2/c1-19-13-5-2-11(3-6-13)4-7-14(18)15-10-12-8-9-16-17-12/h2-9H,10H2,1H3,(H,15,18)(H,16,17). The molecule has 0 saturated heterocycles. The van der Waals surface area contributed by atoms with Crippen LogP contribution in [0.2, 0.25) is 0 Å². The molecular weight excluding hydrogens is 242 g/mol. The maximum Gasteiger partial charge on any atom is 0.244 e. The van der Waals surface area contributed by atoms with E-state index < -0.39 is 0 Å². The van der Waals surface area contributed by atoms with Crippen LogP contribution in [-0.2, 0) is 11.3 Å². The average molecular weight is 257 g/mol. The van der Waals surface area contributed by atoms with Gasteiger partial charge < -0.3 is 10.1 Å². The molecule has 0 spiro atoms. The second-order valence-electron chi connectivity index (χ2n) is 3.91. The summed E-state index contributed by atoms with van der Waals surface area (Å²) < 4.78 is 5.06. The van der Waals surface area contributed by atoms with Gasteiger partial charge in [-0.3, -0.25) is 9.89 Å². The highest BCUT2D eigenvalue weighted by Gasteiger charge is 1.97. The molecule has 2 aromatic rings. The predicted octanol–water partition coefficient (Wildman–Crippen LogP) is 1.75. The highest BCUT2D eigenvalue weighted by Crippen LogP contribution is 2.12. The van der Waals surface area contributed by atoms with Gasteiger partial charge in [-0.1, -0.05) is 12.1 Å². The van der Waals surface area contributed by atoms with Crippen molar-refractivity contribution in [2.45, 2.75) is 6.54 Å². The van der Waals surface area contributed by atoms with E-state index in [4.69, 9.17) is 4.74 Å². The van der Waals surface area contributed by atoms with Gasteiger partial charge >= 0.3 is 0 Å². The number of hydrogen-bond donors (Lipinski definition) is 2. The number of aromatic nitrogens is 2. The predicted molar refractivity (Wildman–Crippen MR) is 72.5 cm³/mol. The molecular formula is C14H15N3O2. The smallest absolute Gasteiger partial charge is 0.244 e. The summed E-state index contributed by atoms with van der Waals surface area (Å²) in [7, 11) is 1.62. The number of amides is 1. The fourth-order valence-electron chi connectivity index (χ4n) is 1.51. The summed E-state index contributed by atoms with van der Waals surface area (Å²) in [6.07, 6.45) is 4.90. The number of H-pyrrole nitrogens is 1. The van der Waals surface area contributed by atoms with E-state index in [1.165, 1.54) is 6.08 Å². The highest BCUT2D eigenvalue weighted by atomic mass is 16.5. The number of carbonyl (C=O) groups excluding carboxylic acids is 1. The Labute approximate surface area is 111 Å². The first kappa shape index (κ1) is 12.9. The average Bonchev–Trinajstić information content (AvgIpc) is 2.96. The number of hydrogen-bond acceptors (Lipinski definition) is 3. The summed E-state index contributed by atoms with van der Waals surface area (Å²) in [4.78, 5) is 11.6. The Morgan fingerprint density at radius 1 is 1.37 bits per heavy atom. The van der Waals surface area contributed by atoms with Gasteiger partial charge in [0.15, 0.2) is 0 Å². The van der Waals surface area contributed by atoms with Crippen molar-refractivity contribution in [2.24, 2.45) is 0 Å². The van der Waals surface area contributed by atoms with Crippen molar-refractivity contribution in [1.82, 2.24) is 15.5 Å². The molecule has 2 rings (SSSR count). The third-order valence-electron chi connectivity index (χ3n) is 2.55. The fourth-order valence-corrected chi connectivity index (χ4v) is 1.51. The summed E-state index contributed by atoms with van der Waals surface area (Å²) in [5.41, 5.74) is 1.81. The number of ether oxygens (including phenoxy) is 1. The van der Waals surface area contributed by atoms with Gasteiger partial charge in [-0.2, -0.15) is 5.10 Å². The minimum absolute atomic E-state index is 0.148. The van der Waals surface area contributed by atoms with E-state index in [-0.39, 0.29) is 5.91 Å². The Kier molecular flexibility index (Phi) is 4.34. The fraction of sp³-hybridized carbons (Fsp3) is 0.143. The molecule has 0 aliphatic rings. The Balaban J connectivity index is 1.85. The van der Waals surface area contributed by atoms with Crippen LogP contribution < -0.4 is 10.1 Å². The molecule has 98 valence electrons. The Bertz CT molecular complexity index is 545. The number of methoxy groups -OCH3 is 1. The van der Waals surface area contributed by atoms with E-state index >= 15 is 0 Å². The van der Waals surface area contributed by atoms with Crippen LogP contribution in [-0.4, -0.2) is 23.2 Å². The lowest BCUT2D eigenvalue weighted by molar-refractivity contribution is -0.116. The van der Waals surface area contributed by atoms with Crippen molar-refractivity contribution in [3.05, 3.63) is 53.9 Å². The normalized spacial score (nSPS) is 10.6. The lowest BCUT2D eigenvalue weighted by Gasteiger charge is -2.00. The maximum atomic E-state index is 11.6. The van der Waals surface area contributed by atoms with Crippen LogP contribution in [0.15, 0.2) is 42.6 Å². The van der Waals surface area contributed by atoms with Crippen LogP contribution in [0.3, 0.4) is 0 Å². The van der Waals surface area contributed by atoms with Crippen LogP contribution in [0, 0.1) is 0 Å². The zero-order chi connectivity index (χ0) is 13.5. The van der Waals surface area contributed by atoms with Crippen molar-refractivity contribution in [2.75, 3.05) is 7.11 Å². The van der Waals surface area contributed by atoms with Gasteiger partial charge in [-0.25, -0.2) is 0 Å². The summed E-state index contributed by atoms with van der Waals surface area (Å²) in [5.74, 6) is 0.645. The molecule has 0 fully saturated rings. The molecule has 5 heteroatoms. The molecule has 1 amide bonds. The second-order valence-corrected chi connectivity index (χ2v) is 3.91. The maximum absolute atomic E-state index is 11.6. The van der Waals surface area contributed by atoms with Gasteiger partial charge in [0.1, 0.15) is 5.75 Å². The third kappa shape index (κ3) is 3.99. The van der Waals surface area contributed by atoms with Crippen molar-refractivity contribution in [1.29, 1.82) is 0 Å². The molecule has 1 aromatic heterocycles. The molecule has 0 aliphatic carbocycles. The number of rotatable bonds is 5. The number of carbonyl (C=O) groups is 1. The Morgan fingerprint density at radius 2 is 2.16 bits per heavy atom. The molecule has 0 unspecified atom stereocenters. The third-order valence-corrected chi connectivity index (χ3v) is 2.55. The van der Waals surface area contributed by atoms with Gasteiger partial charge in [-0.15, -0.1) is 0 Å². The van der Waals surface area contributed by atoms with E-state index in [9.17, 15) is 4.79 Å². The van der Waals surface area contributed by atoms with Crippen molar-refractivity contribution in [3.8, 4) is 5.75 Å². The Morgan fingerprint density at radius 3 is 2.79 bits per heavy atom. The molecule has 0 bridgehead atoms. The van der Waals surface area contributed by atoms with Gasteiger partial charge in [0.25, 0.3) is 0 Å². The van der Waals surface area contributed by atoms with E-state index in [2.05, 4.69) is 15.5 Å². The first-order valence-electron chi connectivity index (χ1n) is 5.86. The van der Waals surface area contributed by atoms with Gasteiger partial charge in [0, 0.05) is 12.3 Å². The highest BCUT2D eigenvalue weighted by molar-refractivity contribution is 5.91. The Hall–Kier alpha value is -2.56. The lowest BCUT2D eigenvalue weighted by atomic mass is 10.2. The molecule has 0 aliphatic heterocycles. The zero-order valence-corrected chi connectivity index (χ0v) is 10.6. The number of nitrogens with one attached hydrogen (secondary N) is 2. The molecule has 0 radical (unpaired) electrons. The number of benzene rings is 1. The quantitative estimate of drug-likeness (QED) is 0.802. The van der Waals surface area contributed by atoms with Crippen LogP contribution in [0.25, 0.3) is 6.08 Å². The molecule has 2 N–H and O–H groups in total. The molecule has 0 atom stereocenters. The summed E-state index contributed by atoms with van der Waals surface area (Å²) in [5, 5.41) is 9.34. The SMILES string of the molecule is COc1ccc(C=CC(=O)NCc2ccn[nH]2)cc1. The van der Waals surface area contributed by atoms with Crippen LogP contribution in [0.1, 0.15) is 11.3 Å². The van der Waals surface area contributed by atoms with E-state index in [0.29, 0.717) is 6.54 Å². The largest absolute Gasteiger partial charge is 0.497 e. The first-order valence-corrected chi connectivity index (χ1v) is 5.86. The second kappa shape index (κ2) is 6.39. The van der Waals surface area contributed by atoms with Gasteiger partial charge in [0.05, 0.1) is 19.3 Å². The molecule has 0 saturated carbocycles. The lowest BCUT2D eigenvalue weighted by Crippen LogP contribution is -2.20. The molecule has 5 nitrogen and oxygen atoms in total. The minimum atomic E-state index is -0.148.